The van der Waals surface area contributed by atoms with Gasteiger partial charge in [-0.15, -0.1) is 0 Å². The summed E-state index contributed by atoms with van der Waals surface area (Å²) in [6.45, 7) is 2.92. The maximum absolute atomic E-state index is 14.3. The molecule has 5 nitrogen and oxygen atoms in total. The van der Waals surface area contributed by atoms with Crippen LogP contribution in [0.4, 0.5) is 10.1 Å². The molecule has 0 unspecified atom stereocenters. The highest BCUT2D eigenvalue weighted by molar-refractivity contribution is 5.95. The SMILES string of the molecule is C[C@@H]1CN[C@@H](C(=O)Nc2cc(CC[C@@](N)(c3ccncc3)C3CC3)ccc2F)C1. The van der Waals surface area contributed by atoms with Crippen molar-refractivity contribution in [2.45, 2.75) is 50.6 Å². The Hall–Kier alpha value is -2.31. The molecule has 1 saturated carbocycles. The number of carbonyl (C=O) groups excluding carboxylic acids is 1. The van der Waals surface area contributed by atoms with Gasteiger partial charge in [-0.3, -0.25) is 9.78 Å². The molecule has 0 radical (unpaired) electrons. The van der Waals surface area contributed by atoms with Crippen molar-refractivity contribution >= 4 is 11.6 Å². The van der Waals surface area contributed by atoms with Gasteiger partial charge in [-0.25, -0.2) is 4.39 Å². The van der Waals surface area contributed by atoms with E-state index < -0.39 is 11.4 Å². The summed E-state index contributed by atoms with van der Waals surface area (Å²) < 4.78 is 14.3. The normalized spacial score (nSPS) is 23.6. The minimum Gasteiger partial charge on any atom is -0.322 e. The van der Waals surface area contributed by atoms with Gasteiger partial charge in [0.15, 0.2) is 0 Å². The first kappa shape index (κ1) is 20.0. The number of halogens is 1. The van der Waals surface area contributed by atoms with Crippen molar-refractivity contribution in [2.75, 3.05) is 11.9 Å². The first-order chi connectivity index (χ1) is 14.0. The van der Waals surface area contributed by atoms with Crippen LogP contribution in [0, 0.1) is 17.7 Å². The number of aromatic nitrogens is 1. The Bertz CT molecular complexity index is 870. The molecular formula is C23H29FN4O. The fourth-order valence-corrected chi connectivity index (χ4v) is 4.35. The first-order valence-electron chi connectivity index (χ1n) is 10.5. The maximum atomic E-state index is 14.3. The lowest BCUT2D eigenvalue weighted by atomic mass is 9.81. The summed E-state index contributed by atoms with van der Waals surface area (Å²) in [5.41, 5.74) is 8.76. The Labute approximate surface area is 171 Å². The van der Waals surface area contributed by atoms with Crippen LogP contribution in [0.3, 0.4) is 0 Å². The molecular weight excluding hydrogens is 367 g/mol. The van der Waals surface area contributed by atoms with Gasteiger partial charge in [0.25, 0.3) is 0 Å². The van der Waals surface area contributed by atoms with Crippen LogP contribution in [0.2, 0.25) is 0 Å². The van der Waals surface area contributed by atoms with E-state index in [1.165, 1.54) is 6.07 Å². The summed E-state index contributed by atoms with van der Waals surface area (Å²) in [5, 5.41) is 5.95. The predicted molar refractivity (Wildman–Crippen MR) is 112 cm³/mol. The van der Waals surface area contributed by atoms with E-state index in [9.17, 15) is 9.18 Å². The van der Waals surface area contributed by atoms with Crippen LogP contribution in [0.25, 0.3) is 0 Å². The number of aryl methyl sites for hydroxylation is 1. The second-order valence-corrected chi connectivity index (χ2v) is 8.66. The topological polar surface area (TPSA) is 80.0 Å². The summed E-state index contributed by atoms with van der Waals surface area (Å²) in [5.74, 6) is 0.340. The molecule has 0 spiro atoms. The largest absolute Gasteiger partial charge is 0.322 e. The number of anilines is 1. The van der Waals surface area contributed by atoms with Crippen molar-refractivity contribution < 1.29 is 9.18 Å². The molecule has 1 aromatic carbocycles. The second-order valence-electron chi connectivity index (χ2n) is 8.66. The molecule has 4 N–H and O–H groups in total. The summed E-state index contributed by atoms with van der Waals surface area (Å²) in [6, 6.07) is 8.67. The molecule has 2 fully saturated rings. The lowest BCUT2D eigenvalue weighted by molar-refractivity contribution is -0.117. The number of hydrogen-bond donors (Lipinski definition) is 3. The van der Waals surface area contributed by atoms with E-state index in [1.807, 2.05) is 12.1 Å². The maximum Gasteiger partial charge on any atom is 0.241 e. The molecule has 1 aliphatic heterocycles. The van der Waals surface area contributed by atoms with Gasteiger partial charge < -0.3 is 16.4 Å². The number of amides is 1. The number of benzene rings is 1. The van der Waals surface area contributed by atoms with Crippen molar-refractivity contribution in [2.24, 2.45) is 17.6 Å². The third kappa shape index (κ3) is 4.49. The van der Waals surface area contributed by atoms with E-state index in [0.717, 1.165) is 49.8 Å². The van der Waals surface area contributed by atoms with E-state index in [2.05, 4.69) is 22.5 Å². The van der Waals surface area contributed by atoms with Gasteiger partial charge in [-0.2, -0.15) is 0 Å². The highest BCUT2D eigenvalue weighted by Crippen LogP contribution is 2.46. The Morgan fingerprint density at radius 1 is 1.31 bits per heavy atom. The molecule has 29 heavy (non-hydrogen) atoms. The number of rotatable bonds is 7. The van der Waals surface area contributed by atoms with Gasteiger partial charge in [0, 0.05) is 17.9 Å². The second kappa shape index (κ2) is 8.20. The molecule has 2 aromatic rings. The van der Waals surface area contributed by atoms with Gasteiger partial charge in [-0.1, -0.05) is 13.0 Å². The lowest BCUT2D eigenvalue weighted by Gasteiger charge is -2.30. The van der Waals surface area contributed by atoms with Crippen LogP contribution in [-0.4, -0.2) is 23.5 Å². The minimum absolute atomic E-state index is 0.173. The summed E-state index contributed by atoms with van der Waals surface area (Å²) >= 11 is 0. The van der Waals surface area contributed by atoms with Crippen LogP contribution >= 0.6 is 0 Å². The Morgan fingerprint density at radius 3 is 2.72 bits per heavy atom. The van der Waals surface area contributed by atoms with Gasteiger partial charge >= 0.3 is 0 Å². The Kier molecular flexibility index (Phi) is 5.65. The summed E-state index contributed by atoms with van der Waals surface area (Å²) in [6.07, 6.45) is 8.09. The quantitative estimate of drug-likeness (QED) is 0.670. The van der Waals surface area contributed by atoms with Crippen molar-refractivity contribution in [1.29, 1.82) is 0 Å². The molecule has 2 aliphatic rings. The van der Waals surface area contributed by atoms with Gasteiger partial charge in [0.2, 0.25) is 5.91 Å². The Balaban J connectivity index is 1.45. The molecule has 1 saturated heterocycles. The molecule has 0 bridgehead atoms. The average Bonchev–Trinajstić information content (AvgIpc) is 3.50. The van der Waals surface area contributed by atoms with Crippen LogP contribution < -0.4 is 16.4 Å². The number of carbonyl (C=O) groups is 1. The summed E-state index contributed by atoms with van der Waals surface area (Å²) in [7, 11) is 0. The standard InChI is InChI=1S/C23H29FN4O/c1-15-12-21(27-14-15)22(29)28-20-13-16(2-5-19(20)24)6-9-23(25,17-3-4-17)18-7-10-26-11-8-18/h2,5,7-8,10-11,13,15,17,21,27H,3-4,6,9,12,14,25H2,1H3,(H,28,29)/t15-,21+,23-/m0/s1. The van der Waals surface area contributed by atoms with Crippen molar-refractivity contribution in [3.63, 3.8) is 0 Å². The summed E-state index contributed by atoms with van der Waals surface area (Å²) in [4.78, 5) is 16.6. The number of nitrogens with two attached hydrogens (primary N) is 1. The van der Waals surface area contributed by atoms with E-state index in [4.69, 9.17) is 5.73 Å². The number of nitrogens with zero attached hydrogens (tertiary/aromatic N) is 1. The zero-order valence-corrected chi connectivity index (χ0v) is 16.8. The van der Waals surface area contributed by atoms with E-state index in [-0.39, 0.29) is 17.6 Å². The minimum atomic E-state index is -0.413. The van der Waals surface area contributed by atoms with Crippen LogP contribution in [0.15, 0.2) is 42.7 Å². The molecule has 3 atom stereocenters. The fourth-order valence-electron chi connectivity index (χ4n) is 4.35. The number of nitrogens with one attached hydrogen (secondary N) is 2. The zero-order chi connectivity index (χ0) is 20.4. The predicted octanol–water partition coefficient (Wildman–Crippen LogP) is 3.35. The van der Waals surface area contributed by atoms with E-state index in [0.29, 0.717) is 11.8 Å². The van der Waals surface area contributed by atoms with Gasteiger partial charge in [0.05, 0.1) is 11.7 Å². The van der Waals surface area contributed by atoms with Crippen LogP contribution in [0.1, 0.15) is 43.7 Å². The Morgan fingerprint density at radius 2 is 2.07 bits per heavy atom. The molecule has 6 heteroatoms. The van der Waals surface area contributed by atoms with E-state index >= 15 is 0 Å². The van der Waals surface area contributed by atoms with E-state index in [1.54, 1.807) is 24.5 Å². The van der Waals surface area contributed by atoms with Crippen LogP contribution in [0.5, 0.6) is 0 Å². The number of pyridine rings is 1. The molecule has 1 aromatic heterocycles. The first-order valence-corrected chi connectivity index (χ1v) is 10.5. The van der Waals surface area contributed by atoms with Gasteiger partial charge in [-0.05, 0) is 85.9 Å². The lowest BCUT2D eigenvalue weighted by Crippen LogP contribution is -2.39. The highest BCUT2D eigenvalue weighted by Gasteiger charge is 2.43. The van der Waals surface area contributed by atoms with Crippen molar-refractivity contribution in [3.8, 4) is 0 Å². The average molecular weight is 397 g/mol. The monoisotopic (exact) mass is 396 g/mol. The molecule has 1 amide bonds. The number of hydrogen-bond acceptors (Lipinski definition) is 4. The molecule has 154 valence electrons. The van der Waals surface area contributed by atoms with Crippen LogP contribution in [-0.2, 0) is 16.8 Å². The molecule has 4 rings (SSSR count). The van der Waals surface area contributed by atoms with Crippen molar-refractivity contribution in [1.82, 2.24) is 10.3 Å². The third-order valence-electron chi connectivity index (χ3n) is 6.31. The van der Waals surface area contributed by atoms with Gasteiger partial charge in [0.1, 0.15) is 5.82 Å². The van der Waals surface area contributed by atoms with Crippen molar-refractivity contribution in [3.05, 3.63) is 59.7 Å². The molecule has 2 heterocycles. The highest BCUT2D eigenvalue weighted by atomic mass is 19.1. The third-order valence-corrected chi connectivity index (χ3v) is 6.31. The molecule has 1 aliphatic carbocycles. The fraction of sp³-hybridized carbons (Fsp3) is 0.478. The zero-order valence-electron chi connectivity index (χ0n) is 16.8. The smallest absolute Gasteiger partial charge is 0.241 e.